The number of nitrogens with zero attached hydrogens (tertiary/aromatic N) is 1. The maximum atomic E-state index is 12.3. The van der Waals surface area contributed by atoms with E-state index in [0.29, 0.717) is 12.3 Å². The summed E-state index contributed by atoms with van der Waals surface area (Å²) < 4.78 is 5.10. The Hall–Kier alpha value is -2.14. The zero-order chi connectivity index (χ0) is 15.2. The summed E-state index contributed by atoms with van der Waals surface area (Å²) in [7, 11) is 3.46. The van der Waals surface area contributed by atoms with Gasteiger partial charge in [0, 0.05) is 25.2 Å². The predicted molar refractivity (Wildman–Crippen MR) is 84.7 cm³/mol. The van der Waals surface area contributed by atoms with E-state index in [4.69, 9.17) is 4.74 Å². The highest BCUT2D eigenvalue weighted by Crippen LogP contribution is 2.22. The summed E-state index contributed by atoms with van der Waals surface area (Å²) in [4.78, 5) is 16.8. The first-order valence-corrected chi connectivity index (χ1v) is 7.07. The molecular weight excluding hydrogens is 266 g/mol. The van der Waals surface area contributed by atoms with Crippen molar-refractivity contribution in [3.63, 3.8) is 0 Å². The number of hydrogen-bond donors (Lipinski definition) is 2. The minimum atomic E-state index is -0.179. The van der Waals surface area contributed by atoms with Gasteiger partial charge in [0.25, 0.3) is 5.91 Å². The molecule has 112 valence electrons. The number of para-hydroxylation sites is 1. The van der Waals surface area contributed by atoms with Gasteiger partial charge in [-0.25, -0.2) is 4.98 Å². The molecule has 0 spiro atoms. The summed E-state index contributed by atoms with van der Waals surface area (Å²) in [5.41, 5.74) is 2.10. The van der Waals surface area contributed by atoms with E-state index in [1.807, 2.05) is 38.2 Å². The first-order chi connectivity index (χ1) is 10.2. The van der Waals surface area contributed by atoms with E-state index >= 15 is 0 Å². The second-order valence-electron chi connectivity index (χ2n) is 4.86. The molecule has 0 aliphatic rings. The van der Waals surface area contributed by atoms with E-state index in [2.05, 4.69) is 15.6 Å². The Morgan fingerprint density at radius 3 is 2.81 bits per heavy atom. The van der Waals surface area contributed by atoms with Gasteiger partial charge in [0.1, 0.15) is 5.69 Å². The Bertz CT molecular complexity index is 628. The first kappa shape index (κ1) is 15.3. The fourth-order valence-corrected chi connectivity index (χ4v) is 2.22. The van der Waals surface area contributed by atoms with Crippen LogP contribution in [0.4, 0.5) is 5.69 Å². The molecule has 1 aromatic carbocycles. The normalized spacial score (nSPS) is 12.1. The van der Waals surface area contributed by atoms with Crippen molar-refractivity contribution < 1.29 is 9.53 Å². The summed E-state index contributed by atoms with van der Waals surface area (Å²) in [6, 6.07) is 9.52. The Morgan fingerprint density at radius 2 is 2.14 bits per heavy atom. The van der Waals surface area contributed by atoms with Crippen LogP contribution >= 0.6 is 0 Å². The summed E-state index contributed by atoms with van der Waals surface area (Å²) in [6.45, 7) is 2.51. The number of hydrogen-bond acceptors (Lipinski definition) is 4. The van der Waals surface area contributed by atoms with Crippen molar-refractivity contribution in [2.24, 2.45) is 0 Å². The molecule has 1 aromatic heterocycles. The largest absolute Gasteiger partial charge is 0.388 e. The highest BCUT2D eigenvalue weighted by atomic mass is 16.5. The molecule has 2 aromatic rings. The van der Waals surface area contributed by atoms with Crippen LogP contribution < -0.4 is 10.6 Å². The summed E-state index contributed by atoms with van der Waals surface area (Å²) in [5, 5.41) is 7.06. The quantitative estimate of drug-likeness (QED) is 0.856. The number of anilines is 1. The smallest absolute Gasteiger partial charge is 0.270 e. The van der Waals surface area contributed by atoms with Gasteiger partial charge in [0.15, 0.2) is 0 Å². The van der Waals surface area contributed by atoms with E-state index in [9.17, 15) is 4.79 Å². The average molecular weight is 287 g/mol. The van der Waals surface area contributed by atoms with Crippen molar-refractivity contribution in [2.75, 3.05) is 26.1 Å². The maximum absolute atomic E-state index is 12.3. The van der Waals surface area contributed by atoms with Gasteiger partial charge in [-0.2, -0.15) is 0 Å². The average Bonchev–Trinajstić information content (AvgIpc) is 2.53. The minimum absolute atomic E-state index is 0.00574. The van der Waals surface area contributed by atoms with Gasteiger partial charge in [-0.1, -0.05) is 25.1 Å². The molecule has 0 fully saturated rings. The van der Waals surface area contributed by atoms with Crippen LogP contribution in [0.1, 0.15) is 23.8 Å². The number of aromatic nitrogens is 1. The zero-order valence-electron chi connectivity index (χ0n) is 12.6. The van der Waals surface area contributed by atoms with Crippen molar-refractivity contribution in [2.45, 2.75) is 19.4 Å². The molecule has 0 saturated heterocycles. The third-order valence-corrected chi connectivity index (χ3v) is 3.41. The lowest BCUT2D eigenvalue weighted by Gasteiger charge is -2.16. The number of carbonyl (C=O) groups is 1. The van der Waals surface area contributed by atoms with Crippen LogP contribution in [0.3, 0.4) is 0 Å². The summed E-state index contributed by atoms with van der Waals surface area (Å²) >= 11 is 0. The second-order valence-corrected chi connectivity index (χ2v) is 4.86. The Kier molecular flexibility index (Phi) is 5.11. The van der Waals surface area contributed by atoms with Gasteiger partial charge in [0.05, 0.1) is 18.2 Å². The van der Waals surface area contributed by atoms with Crippen LogP contribution in [-0.2, 0) is 4.74 Å². The lowest BCUT2D eigenvalue weighted by atomic mass is 10.1. The fourth-order valence-electron chi connectivity index (χ4n) is 2.22. The topological polar surface area (TPSA) is 63.2 Å². The molecule has 1 heterocycles. The van der Waals surface area contributed by atoms with E-state index in [0.717, 1.165) is 23.0 Å². The molecule has 5 nitrogen and oxygen atoms in total. The van der Waals surface area contributed by atoms with Gasteiger partial charge in [0.2, 0.25) is 0 Å². The van der Waals surface area contributed by atoms with Crippen LogP contribution in [0.5, 0.6) is 0 Å². The van der Waals surface area contributed by atoms with E-state index in [-0.39, 0.29) is 11.9 Å². The predicted octanol–water partition coefficient (Wildman–Crippen LogP) is 2.43. The molecule has 1 amide bonds. The van der Waals surface area contributed by atoms with Gasteiger partial charge in [-0.15, -0.1) is 0 Å². The summed E-state index contributed by atoms with van der Waals surface area (Å²) in [5.74, 6) is -0.179. The van der Waals surface area contributed by atoms with Gasteiger partial charge >= 0.3 is 0 Å². The van der Waals surface area contributed by atoms with Crippen molar-refractivity contribution in [3.8, 4) is 0 Å². The zero-order valence-corrected chi connectivity index (χ0v) is 12.6. The number of rotatable bonds is 6. The number of nitrogens with one attached hydrogen (secondary N) is 2. The van der Waals surface area contributed by atoms with Crippen LogP contribution in [0, 0.1) is 0 Å². The Labute approximate surface area is 124 Å². The number of fused-ring (bicyclic) bond motifs is 1. The van der Waals surface area contributed by atoms with E-state index in [1.54, 1.807) is 13.2 Å². The van der Waals surface area contributed by atoms with E-state index in [1.165, 1.54) is 0 Å². The van der Waals surface area contributed by atoms with Crippen molar-refractivity contribution >= 4 is 22.5 Å². The number of amides is 1. The van der Waals surface area contributed by atoms with Crippen LogP contribution in [0.2, 0.25) is 0 Å². The second kappa shape index (κ2) is 7.04. The molecule has 2 rings (SSSR count). The van der Waals surface area contributed by atoms with Crippen molar-refractivity contribution in [1.82, 2.24) is 10.3 Å². The molecular formula is C16H21N3O2. The third kappa shape index (κ3) is 3.49. The van der Waals surface area contributed by atoms with Gasteiger partial charge < -0.3 is 15.4 Å². The highest BCUT2D eigenvalue weighted by molar-refractivity contribution is 5.99. The lowest BCUT2D eigenvalue weighted by molar-refractivity contribution is 0.0890. The van der Waals surface area contributed by atoms with E-state index < -0.39 is 0 Å². The number of ether oxygens (including phenoxy) is 1. The Morgan fingerprint density at radius 1 is 1.38 bits per heavy atom. The fraction of sp³-hybridized carbons (Fsp3) is 0.375. The molecule has 2 N–H and O–H groups in total. The third-order valence-electron chi connectivity index (χ3n) is 3.41. The van der Waals surface area contributed by atoms with Crippen molar-refractivity contribution in [3.05, 3.63) is 36.0 Å². The Balaban J connectivity index is 2.31. The molecule has 0 aliphatic heterocycles. The van der Waals surface area contributed by atoms with Gasteiger partial charge in [-0.3, -0.25) is 4.79 Å². The van der Waals surface area contributed by atoms with Crippen LogP contribution in [0.15, 0.2) is 30.3 Å². The van der Waals surface area contributed by atoms with Crippen LogP contribution in [0.25, 0.3) is 10.9 Å². The molecule has 1 unspecified atom stereocenters. The molecule has 0 radical (unpaired) electrons. The van der Waals surface area contributed by atoms with Crippen molar-refractivity contribution in [1.29, 1.82) is 0 Å². The minimum Gasteiger partial charge on any atom is -0.388 e. The lowest BCUT2D eigenvalue weighted by Crippen LogP contribution is -2.37. The number of pyridine rings is 1. The summed E-state index contributed by atoms with van der Waals surface area (Å²) in [6.07, 6.45) is 0.812. The number of benzene rings is 1. The number of methoxy groups -OCH3 is 1. The standard InChI is InChI=1S/C16H21N3O2/c1-4-11(10-21-3)18-16(20)15-9-14(17-2)12-7-5-6-8-13(12)19-15/h5-9,11H,4,10H2,1-3H3,(H,17,19)(H,18,20). The monoisotopic (exact) mass is 287 g/mol. The number of carbonyl (C=O) groups excluding carboxylic acids is 1. The van der Waals surface area contributed by atoms with Crippen LogP contribution in [-0.4, -0.2) is 37.7 Å². The molecule has 0 aliphatic carbocycles. The molecule has 0 bridgehead atoms. The maximum Gasteiger partial charge on any atom is 0.270 e. The molecule has 21 heavy (non-hydrogen) atoms. The highest BCUT2D eigenvalue weighted by Gasteiger charge is 2.15. The first-order valence-electron chi connectivity index (χ1n) is 7.07. The SMILES string of the molecule is CCC(COC)NC(=O)c1cc(NC)c2ccccc2n1. The van der Waals surface area contributed by atoms with Gasteiger partial charge in [-0.05, 0) is 18.6 Å². The molecule has 5 heteroatoms. The molecule has 0 saturated carbocycles. The molecule has 1 atom stereocenters.